The molecule has 2 heterocycles. The highest BCUT2D eigenvalue weighted by Crippen LogP contribution is 2.72. The SMILES string of the molecule is C[C@H](NC(=O)CCN1C(=O)C=CC1=O)C(=O)N[C@@H](C)C(=O)Nc1ccc(Oc2ccc([C@@H]3O[C@@H]4C[C@H]5[C@@H]6C[C@H](F)C7=CC(=O)C=C[C@]7(C)[C@@]6(F)[C@@H](O)C[C@]5(C)C4(C(=O)CO)O3)cc2)cc1. The monoisotopic (exact) mass is 900 g/mol. The van der Waals surface area contributed by atoms with E-state index in [2.05, 4.69) is 16.0 Å². The van der Waals surface area contributed by atoms with Crippen molar-refractivity contribution in [2.45, 2.75) is 101 Å². The number of nitrogens with zero attached hydrogens (tertiary/aromatic N) is 1. The van der Waals surface area contributed by atoms with E-state index in [0.29, 0.717) is 22.7 Å². The molecule has 12 atom stereocenters. The zero-order chi connectivity index (χ0) is 46.8. The van der Waals surface area contributed by atoms with E-state index >= 15 is 8.78 Å². The molecule has 1 unspecified atom stereocenters. The molecule has 2 aliphatic heterocycles. The van der Waals surface area contributed by atoms with E-state index in [0.717, 1.165) is 23.1 Å². The number of alkyl halides is 2. The molecule has 2 aromatic rings. The molecule has 4 fully saturated rings. The Morgan fingerprint density at radius 2 is 1.52 bits per heavy atom. The molecule has 0 spiro atoms. The Morgan fingerprint density at radius 3 is 2.17 bits per heavy atom. The van der Waals surface area contributed by atoms with Gasteiger partial charge in [0.1, 0.15) is 36.4 Å². The second kappa shape index (κ2) is 16.8. The van der Waals surface area contributed by atoms with Crippen molar-refractivity contribution >= 4 is 46.8 Å². The minimum Gasteiger partial charge on any atom is -0.457 e. The van der Waals surface area contributed by atoms with Crippen molar-refractivity contribution in [3.63, 3.8) is 0 Å². The Hall–Kier alpha value is -5.95. The molecule has 6 aliphatic rings. The summed E-state index contributed by atoms with van der Waals surface area (Å²) in [6, 6.07) is 11.1. The number of hydrogen-bond acceptors (Lipinski definition) is 12. The summed E-state index contributed by atoms with van der Waals surface area (Å²) >= 11 is 0. The zero-order valence-electron chi connectivity index (χ0n) is 36.0. The third-order valence-electron chi connectivity index (χ3n) is 14.4. The Bertz CT molecular complexity index is 2410. The molecule has 0 bridgehead atoms. The summed E-state index contributed by atoms with van der Waals surface area (Å²) < 4.78 is 52.6. The first-order valence-corrected chi connectivity index (χ1v) is 21.5. The van der Waals surface area contributed by atoms with Crippen molar-refractivity contribution in [3.05, 3.63) is 90.0 Å². The van der Waals surface area contributed by atoms with Gasteiger partial charge in [0.2, 0.25) is 17.7 Å². The van der Waals surface area contributed by atoms with Crippen LogP contribution in [0.15, 0.2) is 84.5 Å². The van der Waals surface area contributed by atoms with Crippen molar-refractivity contribution in [3.8, 4) is 11.5 Å². The Balaban J connectivity index is 0.866. The molecule has 65 heavy (non-hydrogen) atoms. The molecule has 0 radical (unpaired) electrons. The minimum atomic E-state index is -2.36. The first-order valence-electron chi connectivity index (χ1n) is 21.5. The van der Waals surface area contributed by atoms with Gasteiger partial charge >= 0.3 is 0 Å². The number of halogens is 2. The topological polar surface area (TPSA) is 227 Å². The fourth-order valence-corrected chi connectivity index (χ4v) is 11.0. The van der Waals surface area contributed by atoms with Crippen LogP contribution in [0.1, 0.15) is 65.2 Å². The first-order chi connectivity index (χ1) is 30.7. The van der Waals surface area contributed by atoms with Crippen molar-refractivity contribution in [2.24, 2.45) is 22.7 Å². The summed E-state index contributed by atoms with van der Waals surface area (Å²) in [5, 5.41) is 29.8. The number of carbonyl (C=O) groups is 7. The van der Waals surface area contributed by atoms with Gasteiger partial charge in [-0.25, -0.2) is 8.78 Å². The van der Waals surface area contributed by atoms with Crippen LogP contribution >= 0.6 is 0 Å². The van der Waals surface area contributed by atoms with Crippen LogP contribution in [-0.4, -0.2) is 111 Å². The van der Waals surface area contributed by atoms with Crippen LogP contribution in [0.5, 0.6) is 11.5 Å². The van der Waals surface area contributed by atoms with Gasteiger partial charge in [-0.05, 0) is 100 Å². The van der Waals surface area contributed by atoms with Gasteiger partial charge in [0, 0.05) is 53.1 Å². The quantitative estimate of drug-likeness (QED) is 0.183. The molecule has 0 aromatic heterocycles. The molecule has 18 heteroatoms. The highest BCUT2D eigenvalue weighted by atomic mass is 19.1. The normalized spacial score (nSPS) is 34.1. The van der Waals surface area contributed by atoms with E-state index in [1.165, 1.54) is 32.9 Å². The molecule has 2 aromatic carbocycles. The van der Waals surface area contributed by atoms with Crippen LogP contribution < -0.4 is 20.7 Å². The number of Topliss-reactive ketones (excluding diaryl/α,β-unsaturated/α-hetero) is 1. The van der Waals surface area contributed by atoms with Gasteiger partial charge in [0.15, 0.2) is 29.1 Å². The third kappa shape index (κ3) is 7.49. The number of anilines is 1. The van der Waals surface area contributed by atoms with Crippen LogP contribution in [0.25, 0.3) is 0 Å². The van der Waals surface area contributed by atoms with Crippen LogP contribution in [-0.2, 0) is 43.0 Å². The van der Waals surface area contributed by atoms with E-state index in [-0.39, 0.29) is 37.8 Å². The average Bonchev–Trinajstić information content (AvgIpc) is 3.90. The lowest BCUT2D eigenvalue weighted by molar-refractivity contribution is -0.235. The first kappa shape index (κ1) is 45.6. The molecule has 3 saturated carbocycles. The number of imide groups is 1. The number of aliphatic hydroxyl groups excluding tert-OH is 2. The predicted molar refractivity (Wildman–Crippen MR) is 225 cm³/mol. The van der Waals surface area contributed by atoms with Crippen molar-refractivity contribution in [1.82, 2.24) is 15.5 Å². The number of allylic oxidation sites excluding steroid dienone is 4. The van der Waals surface area contributed by atoms with E-state index in [1.54, 1.807) is 55.5 Å². The van der Waals surface area contributed by atoms with Crippen LogP contribution in [0.2, 0.25) is 0 Å². The Labute approximate surface area is 372 Å². The van der Waals surface area contributed by atoms with E-state index in [4.69, 9.17) is 14.2 Å². The summed E-state index contributed by atoms with van der Waals surface area (Å²) in [4.78, 5) is 88.2. The maximum atomic E-state index is 17.7. The second-order valence-electron chi connectivity index (χ2n) is 18.1. The number of nitrogens with one attached hydrogen (secondary N) is 3. The minimum absolute atomic E-state index is 0.00946. The van der Waals surface area contributed by atoms with Gasteiger partial charge < -0.3 is 40.4 Å². The number of amides is 5. The summed E-state index contributed by atoms with van der Waals surface area (Å²) in [6.07, 6.45) is -0.141. The summed E-state index contributed by atoms with van der Waals surface area (Å²) in [6.45, 7) is 5.07. The summed E-state index contributed by atoms with van der Waals surface area (Å²) in [5.41, 5.74) is -6.12. The Morgan fingerprint density at radius 1 is 0.892 bits per heavy atom. The van der Waals surface area contributed by atoms with Crippen molar-refractivity contribution in [1.29, 1.82) is 0 Å². The standard InChI is InChI=1S/C47H50F2N4O12/c1-24(50-38(58)16-18-53-39(59)13-14-40(53)60)41(61)51-25(2)42(62)52-27-7-11-30(12-8-27)63-29-9-5-26(6-10-29)43-64-37-21-31-32-20-34(48)33-19-28(55)15-17-44(33,3)46(32,49)35(56)22-45(31,4)47(37,65-43)36(57)23-54/h5-15,17,19,24-25,31-32,34-35,37,43,54,56H,16,18,20-23H2,1-4H3,(H,50,58)(H,51,61)(H,52,62)/t24-,25-,31-,32-,34-,35-,37+,43+,44-,45-,46-,47?/m0/s1. The van der Waals surface area contributed by atoms with Gasteiger partial charge in [-0.3, -0.25) is 38.5 Å². The summed E-state index contributed by atoms with van der Waals surface area (Å²) in [5.74, 6) is -4.83. The largest absolute Gasteiger partial charge is 0.457 e. The predicted octanol–water partition coefficient (Wildman–Crippen LogP) is 3.38. The molecular weight excluding hydrogens is 851 g/mol. The van der Waals surface area contributed by atoms with E-state index < -0.39 is 118 Å². The highest BCUT2D eigenvalue weighted by molar-refractivity contribution is 6.13. The maximum absolute atomic E-state index is 17.7. The number of ketones is 2. The number of aliphatic hydroxyl groups is 2. The van der Waals surface area contributed by atoms with Crippen LogP contribution in [0.4, 0.5) is 14.5 Å². The number of carbonyl (C=O) groups excluding carboxylic acids is 7. The van der Waals surface area contributed by atoms with E-state index in [9.17, 15) is 43.8 Å². The molecule has 8 rings (SSSR count). The molecule has 4 aliphatic carbocycles. The number of hydrogen-bond donors (Lipinski definition) is 5. The van der Waals surface area contributed by atoms with E-state index in [1.807, 2.05) is 0 Å². The smallest absolute Gasteiger partial charge is 0.253 e. The molecule has 16 nitrogen and oxygen atoms in total. The second-order valence-corrected chi connectivity index (χ2v) is 18.1. The highest BCUT2D eigenvalue weighted by Gasteiger charge is 2.80. The average molecular weight is 901 g/mol. The van der Waals surface area contributed by atoms with Gasteiger partial charge in [-0.2, -0.15) is 0 Å². The lowest BCUT2D eigenvalue weighted by Crippen LogP contribution is -2.70. The number of rotatable bonds is 13. The van der Waals surface area contributed by atoms with Crippen LogP contribution in [0, 0.1) is 22.7 Å². The van der Waals surface area contributed by atoms with Gasteiger partial charge in [-0.15, -0.1) is 0 Å². The van der Waals surface area contributed by atoms with Crippen molar-refractivity contribution < 1.29 is 66.8 Å². The molecule has 1 saturated heterocycles. The number of fused-ring (bicyclic) bond motifs is 7. The zero-order valence-corrected chi connectivity index (χ0v) is 36.0. The lowest BCUT2D eigenvalue weighted by atomic mass is 9.44. The molecular formula is C47H50F2N4O12. The lowest BCUT2D eigenvalue weighted by Gasteiger charge is -2.63. The summed E-state index contributed by atoms with van der Waals surface area (Å²) in [7, 11) is 0. The molecule has 5 N–H and O–H groups in total. The molecule has 344 valence electrons. The van der Waals surface area contributed by atoms with Gasteiger partial charge in [0.25, 0.3) is 11.8 Å². The fourth-order valence-electron chi connectivity index (χ4n) is 11.0. The van der Waals surface area contributed by atoms with Crippen LogP contribution in [0.3, 0.4) is 0 Å². The van der Waals surface area contributed by atoms with Crippen molar-refractivity contribution in [2.75, 3.05) is 18.5 Å². The molecule has 5 amide bonds. The maximum Gasteiger partial charge on any atom is 0.253 e. The van der Waals surface area contributed by atoms with Gasteiger partial charge in [-0.1, -0.05) is 25.1 Å². The Kier molecular flexibility index (Phi) is 11.8. The third-order valence-corrected chi connectivity index (χ3v) is 14.4. The number of benzene rings is 2. The van der Waals surface area contributed by atoms with Gasteiger partial charge in [0.05, 0.1) is 12.2 Å². The number of ether oxygens (including phenoxy) is 3. The fraction of sp³-hybridized carbons (Fsp3) is 0.468.